The van der Waals surface area contributed by atoms with Crippen LogP contribution in [0, 0.1) is 11.8 Å². The minimum Gasteiger partial charge on any atom is -0.481 e. The molecule has 0 aliphatic heterocycles. The van der Waals surface area contributed by atoms with Crippen molar-refractivity contribution in [2.75, 3.05) is 12.4 Å². The molecule has 0 aliphatic rings. The first-order valence-corrected chi connectivity index (χ1v) is 6.47. The Morgan fingerprint density at radius 3 is 2.42 bits per heavy atom. The number of hydrogen-bond acceptors (Lipinski definition) is 3. The van der Waals surface area contributed by atoms with Crippen LogP contribution < -0.4 is 10.1 Å². The molecule has 0 radical (unpaired) electrons. The molecule has 0 aliphatic carbocycles. The smallest absolute Gasteiger partial charge is 0.251 e. The Hall–Kier alpha value is -1.84. The second-order valence-electron chi connectivity index (χ2n) is 5.06. The predicted molar refractivity (Wildman–Crippen MR) is 77.2 cm³/mol. The van der Waals surface area contributed by atoms with Crippen molar-refractivity contribution in [1.82, 2.24) is 4.98 Å². The lowest BCUT2D eigenvalue weighted by atomic mass is 9.98. The summed E-state index contributed by atoms with van der Waals surface area (Å²) in [4.78, 5) is 16.3. The molecule has 0 fully saturated rings. The summed E-state index contributed by atoms with van der Waals surface area (Å²) in [5, 5.41) is 2.85. The van der Waals surface area contributed by atoms with Crippen LogP contribution in [0.2, 0.25) is 0 Å². The fourth-order valence-corrected chi connectivity index (χ4v) is 1.67. The lowest BCUT2D eigenvalue weighted by Crippen LogP contribution is -2.18. The number of nitrogens with zero attached hydrogens (tertiary/aromatic N) is 1. The zero-order valence-corrected chi connectivity index (χ0v) is 12.2. The minimum atomic E-state index is -0.0735. The van der Waals surface area contributed by atoms with E-state index in [9.17, 15) is 4.79 Å². The van der Waals surface area contributed by atoms with Crippen LogP contribution >= 0.6 is 0 Å². The van der Waals surface area contributed by atoms with Gasteiger partial charge in [-0.15, -0.1) is 0 Å². The summed E-state index contributed by atoms with van der Waals surface area (Å²) in [5.41, 5.74) is 1.46. The van der Waals surface area contributed by atoms with E-state index in [0.717, 1.165) is 5.57 Å². The van der Waals surface area contributed by atoms with Gasteiger partial charge in [0.1, 0.15) is 0 Å². The van der Waals surface area contributed by atoms with Gasteiger partial charge < -0.3 is 10.1 Å². The molecule has 0 spiro atoms. The van der Waals surface area contributed by atoms with Crippen molar-refractivity contribution >= 4 is 11.6 Å². The van der Waals surface area contributed by atoms with Crippen molar-refractivity contribution in [2.24, 2.45) is 11.8 Å². The van der Waals surface area contributed by atoms with Crippen LogP contribution in [0.5, 0.6) is 5.88 Å². The number of hydrogen-bond donors (Lipinski definition) is 1. The van der Waals surface area contributed by atoms with Gasteiger partial charge in [0.2, 0.25) is 5.88 Å². The third-order valence-electron chi connectivity index (χ3n) is 2.60. The highest BCUT2D eigenvalue weighted by Gasteiger charge is 2.14. The van der Waals surface area contributed by atoms with Crippen LogP contribution in [0.3, 0.4) is 0 Å². The van der Waals surface area contributed by atoms with Crippen molar-refractivity contribution in [3.63, 3.8) is 0 Å². The molecule has 4 nitrogen and oxygen atoms in total. The minimum absolute atomic E-state index is 0.0735. The highest BCUT2D eigenvalue weighted by molar-refractivity contribution is 6.03. The molecule has 1 aromatic rings. The molecule has 0 aromatic carbocycles. The number of methoxy groups -OCH3 is 1. The number of aromatic nitrogens is 1. The lowest BCUT2D eigenvalue weighted by molar-refractivity contribution is -0.113. The van der Waals surface area contributed by atoms with E-state index in [1.165, 1.54) is 0 Å². The van der Waals surface area contributed by atoms with Crippen molar-refractivity contribution in [3.05, 3.63) is 30.0 Å². The molecule has 0 atom stereocenters. The molecule has 0 saturated carbocycles. The summed E-state index contributed by atoms with van der Waals surface area (Å²) < 4.78 is 4.98. The van der Waals surface area contributed by atoms with Crippen LogP contribution in [0.15, 0.2) is 30.0 Å². The second-order valence-corrected chi connectivity index (χ2v) is 5.06. The maximum absolute atomic E-state index is 12.2. The number of carbonyl (C=O) groups is 1. The maximum Gasteiger partial charge on any atom is 0.251 e. The Morgan fingerprint density at radius 1 is 1.32 bits per heavy atom. The van der Waals surface area contributed by atoms with Crippen molar-refractivity contribution < 1.29 is 9.53 Å². The molecule has 1 rings (SSSR count). The molecule has 0 unspecified atom stereocenters. The van der Waals surface area contributed by atoms with Crippen molar-refractivity contribution in [1.29, 1.82) is 0 Å². The molecular weight excluding hydrogens is 240 g/mol. The lowest BCUT2D eigenvalue weighted by Gasteiger charge is -2.13. The number of ether oxygens (including phenoxy) is 1. The van der Waals surface area contributed by atoms with E-state index in [1.807, 2.05) is 19.9 Å². The Bertz CT molecular complexity index is 448. The average molecular weight is 262 g/mol. The van der Waals surface area contributed by atoms with Gasteiger partial charge in [0.25, 0.3) is 5.91 Å². The van der Waals surface area contributed by atoms with E-state index in [2.05, 4.69) is 24.1 Å². The van der Waals surface area contributed by atoms with Gasteiger partial charge in [-0.2, -0.15) is 0 Å². The molecule has 1 amide bonds. The molecule has 104 valence electrons. The molecular formula is C15H22N2O2. The summed E-state index contributed by atoms with van der Waals surface area (Å²) in [7, 11) is 1.56. The Balaban J connectivity index is 2.81. The fraction of sp³-hybridized carbons (Fsp3) is 0.467. The normalized spacial score (nSPS) is 11.8. The van der Waals surface area contributed by atoms with Crippen LogP contribution in [0.4, 0.5) is 5.69 Å². The quantitative estimate of drug-likeness (QED) is 0.829. The fourth-order valence-electron chi connectivity index (χ4n) is 1.67. The van der Waals surface area contributed by atoms with E-state index < -0.39 is 0 Å². The number of nitrogens with one attached hydrogen (secondary N) is 1. The predicted octanol–water partition coefficient (Wildman–Crippen LogP) is 3.27. The number of anilines is 1. The van der Waals surface area contributed by atoms with Crippen LogP contribution in [-0.4, -0.2) is 18.0 Å². The number of allylic oxidation sites excluding steroid dienone is 1. The van der Waals surface area contributed by atoms with E-state index in [-0.39, 0.29) is 11.8 Å². The van der Waals surface area contributed by atoms with Gasteiger partial charge in [-0.05, 0) is 17.9 Å². The van der Waals surface area contributed by atoms with Gasteiger partial charge in [0.05, 0.1) is 19.0 Å². The van der Waals surface area contributed by atoms with Crippen LogP contribution in [0.25, 0.3) is 0 Å². The third kappa shape index (κ3) is 4.73. The molecule has 4 heteroatoms. The van der Waals surface area contributed by atoms with Crippen molar-refractivity contribution in [2.45, 2.75) is 27.7 Å². The molecule has 1 heterocycles. The number of rotatable bonds is 5. The summed E-state index contributed by atoms with van der Waals surface area (Å²) in [6.45, 7) is 8.15. The summed E-state index contributed by atoms with van der Waals surface area (Å²) >= 11 is 0. The number of amides is 1. The van der Waals surface area contributed by atoms with E-state index >= 15 is 0 Å². The molecule has 19 heavy (non-hydrogen) atoms. The number of pyridine rings is 1. The van der Waals surface area contributed by atoms with Gasteiger partial charge in [0, 0.05) is 11.6 Å². The van der Waals surface area contributed by atoms with Gasteiger partial charge in [0.15, 0.2) is 0 Å². The highest BCUT2D eigenvalue weighted by atomic mass is 16.5. The molecule has 1 aromatic heterocycles. The first-order valence-electron chi connectivity index (χ1n) is 6.47. The molecule has 1 N–H and O–H groups in total. The van der Waals surface area contributed by atoms with Gasteiger partial charge in [-0.1, -0.05) is 33.8 Å². The van der Waals surface area contributed by atoms with E-state index in [0.29, 0.717) is 17.5 Å². The van der Waals surface area contributed by atoms with Crippen LogP contribution in [-0.2, 0) is 4.79 Å². The SMILES string of the molecule is COc1ccc(NC(=O)/C(=C/C(C)C)C(C)C)cn1. The summed E-state index contributed by atoms with van der Waals surface area (Å²) in [6, 6.07) is 3.49. The van der Waals surface area contributed by atoms with Gasteiger partial charge >= 0.3 is 0 Å². The topological polar surface area (TPSA) is 51.2 Å². The van der Waals surface area contributed by atoms with Gasteiger partial charge in [-0.25, -0.2) is 4.98 Å². The largest absolute Gasteiger partial charge is 0.481 e. The Labute approximate surface area is 114 Å². The van der Waals surface area contributed by atoms with Crippen molar-refractivity contribution in [3.8, 4) is 5.88 Å². The van der Waals surface area contributed by atoms with E-state index in [1.54, 1.807) is 25.4 Å². The van der Waals surface area contributed by atoms with E-state index in [4.69, 9.17) is 4.74 Å². The standard InChI is InChI=1S/C15H22N2O2/c1-10(2)8-13(11(3)4)15(18)17-12-6-7-14(19-5)16-9-12/h6-11H,1-5H3,(H,17,18)/b13-8+. The van der Waals surface area contributed by atoms with Gasteiger partial charge in [-0.3, -0.25) is 4.79 Å². The maximum atomic E-state index is 12.2. The number of carbonyl (C=O) groups excluding carboxylic acids is 1. The first kappa shape index (κ1) is 15.2. The zero-order valence-electron chi connectivity index (χ0n) is 12.2. The Morgan fingerprint density at radius 2 is 2.00 bits per heavy atom. The molecule has 0 saturated heterocycles. The zero-order chi connectivity index (χ0) is 14.4. The Kier molecular flexibility index (Phi) is 5.55. The summed E-state index contributed by atoms with van der Waals surface area (Å²) in [6.07, 6.45) is 3.58. The highest BCUT2D eigenvalue weighted by Crippen LogP contribution is 2.17. The third-order valence-corrected chi connectivity index (χ3v) is 2.60. The average Bonchev–Trinajstić information content (AvgIpc) is 2.36. The first-order chi connectivity index (χ1) is 8.93. The van der Waals surface area contributed by atoms with Crippen LogP contribution in [0.1, 0.15) is 27.7 Å². The summed E-state index contributed by atoms with van der Waals surface area (Å²) in [5.74, 6) is 0.987. The monoisotopic (exact) mass is 262 g/mol. The molecule has 0 bridgehead atoms. The second kappa shape index (κ2) is 6.92.